The maximum Gasteiger partial charge on any atom is 0.257 e. The van der Waals surface area contributed by atoms with Gasteiger partial charge >= 0.3 is 0 Å². The van der Waals surface area contributed by atoms with Crippen LogP contribution >= 0.6 is 22.7 Å². The van der Waals surface area contributed by atoms with Crippen LogP contribution in [-0.4, -0.2) is 15.9 Å². The molecular weight excluding hydrogens is 386 g/mol. The monoisotopic (exact) mass is 401 g/mol. The second kappa shape index (κ2) is 6.82. The first-order chi connectivity index (χ1) is 13.7. The lowest BCUT2D eigenvalue weighted by Gasteiger charge is -2.04. The highest BCUT2D eigenvalue weighted by atomic mass is 32.1. The van der Waals surface area contributed by atoms with E-state index in [-0.39, 0.29) is 5.91 Å². The summed E-state index contributed by atoms with van der Waals surface area (Å²) >= 11 is 3.13. The standard InChI is InChI=1S/C22H15N3OS2/c1-13-23-19-18(27-13)12-11-17-20(19)28-22(24-17)25-21(26)16-9-7-15(8-10-16)14-5-3-2-4-6-14/h2-12H,1H3,(H,24,25,26). The molecule has 0 radical (unpaired) electrons. The number of nitrogens with zero attached hydrogens (tertiary/aromatic N) is 2. The van der Waals surface area contributed by atoms with Gasteiger partial charge in [0.1, 0.15) is 5.52 Å². The fraction of sp³-hybridized carbons (Fsp3) is 0.0455. The van der Waals surface area contributed by atoms with E-state index in [4.69, 9.17) is 0 Å². The molecule has 0 aliphatic rings. The molecule has 136 valence electrons. The molecule has 0 aliphatic carbocycles. The number of hydrogen-bond acceptors (Lipinski definition) is 5. The number of aryl methyl sites for hydroxylation is 1. The molecule has 28 heavy (non-hydrogen) atoms. The molecule has 0 unspecified atom stereocenters. The molecule has 4 nitrogen and oxygen atoms in total. The number of carbonyl (C=O) groups excluding carboxylic acids is 1. The molecular formula is C22H15N3OS2. The van der Waals surface area contributed by atoms with Gasteiger partial charge in [0.15, 0.2) is 5.13 Å². The molecule has 5 aromatic rings. The Balaban J connectivity index is 1.41. The van der Waals surface area contributed by atoms with E-state index in [9.17, 15) is 4.79 Å². The molecule has 0 bridgehead atoms. The van der Waals surface area contributed by atoms with Gasteiger partial charge in [-0.05, 0) is 42.3 Å². The summed E-state index contributed by atoms with van der Waals surface area (Å²) in [6.45, 7) is 2.00. The number of thiazole rings is 2. The number of anilines is 1. The summed E-state index contributed by atoms with van der Waals surface area (Å²) in [5.74, 6) is -0.163. The third-order valence-electron chi connectivity index (χ3n) is 4.50. The normalized spacial score (nSPS) is 11.2. The van der Waals surface area contributed by atoms with Gasteiger partial charge in [-0.15, -0.1) is 11.3 Å². The lowest BCUT2D eigenvalue weighted by atomic mass is 10.0. The van der Waals surface area contributed by atoms with Gasteiger partial charge in [-0.1, -0.05) is 53.8 Å². The molecule has 2 heterocycles. The van der Waals surface area contributed by atoms with E-state index in [0.717, 1.165) is 36.6 Å². The van der Waals surface area contributed by atoms with Crippen molar-refractivity contribution >= 4 is 54.1 Å². The van der Waals surface area contributed by atoms with Crippen LogP contribution < -0.4 is 5.32 Å². The van der Waals surface area contributed by atoms with Crippen molar-refractivity contribution in [2.75, 3.05) is 5.32 Å². The van der Waals surface area contributed by atoms with Crippen molar-refractivity contribution in [1.82, 2.24) is 9.97 Å². The molecule has 2 aromatic heterocycles. The first-order valence-corrected chi connectivity index (χ1v) is 10.4. The zero-order valence-corrected chi connectivity index (χ0v) is 16.6. The van der Waals surface area contributed by atoms with Gasteiger partial charge in [0.25, 0.3) is 5.91 Å². The van der Waals surface area contributed by atoms with Gasteiger partial charge in [-0.3, -0.25) is 10.1 Å². The Bertz CT molecular complexity index is 1300. The van der Waals surface area contributed by atoms with Crippen LogP contribution in [-0.2, 0) is 0 Å². The van der Waals surface area contributed by atoms with Crippen LogP contribution in [0.5, 0.6) is 0 Å². The van der Waals surface area contributed by atoms with Crippen molar-refractivity contribution < 1.29 is 4.79 Å². The minimum Gasteiger partial charge on any atom is -0.298 e. The lowest BCUT2D eigenvalue weighted by Crippen LogP contribution is -2.11. The van der Waals surface area contributed by atoms with E-state index in [0.29, 0.717) is 10.7 Å². The smallest absolute Gasteiger partial charge is 0.257 e. The average Bonchev–Trinajstić information content (AvgIpc) is 3.30. The molecule has 6 heteroatoms. The number of nitrogens with one attached hydrogen (secondary N) is 1. The van der Waals surface area contributed by atoms with Gasteiger partial charge in [-0.25, -0.2) is 9.97 Å². The number of hydrogen-bond donors (Lipinski definition) is 1. The van der Waals surface area contributed by atoms with Crippen LogP contribution in [0.3, 0.4) is 0 Å². The molecule has 1 N–H and O–H groups in total. The first kappa shape index (κ1) is 17.0. The Hall–Kier alpha value is -3.09. The van der Waals surface area contributed by atoms with E-state index in [1.807, 2.05) is 61.5 Å². The van der Waals surface area contributed by atoms with Crippen molar-refractivity contribution in [3.05, 3.63) is 77.3 Å². The Kier molecular flexibility index (Phi) is 4.15. The van der Waals surface area contributed by atoms with E-state index in [1.165, 1.54) is 11.3 Å². The summed E-state index contributed by atoms with van der Waals surface area (Å²) in [6.07, 6.45) is 0. The zero-order chi connectivity index (χ0) is 19.1. The summed E-state index contributed by atoms with van der Waals surface area (Å²) in [4.78, 5) is 21.8. The number of aromatic nitrogens is 2. The summed E-state index contributed by atoms with van der Waals surface area (Å²) in [5, 5.41) is 4.54. The highest BCUT2D eigenvalue weighted by Crippen LogP contribution is 2.34. The van der Waals surface area contributed by atoms with Crippen molar-refractivity contribution in [1.29, 1.82) is 0 Å². The molecule has 0 spiro atoms. The quantitative estimate of drug-likeness (QED) is 0.395. The van der Waals surface area contributed by atoms with Crippen molar-refractivity contribution in [2.24, 2.45) is 0 Å². The minimum atomic E-state index is -0.163. The number of amides is 1. The average molecular weight is 402 g/mol. The topological polar surface area (TPSA) is 54.9 Å². The second-order valence-corrected chi connectivity index (χ2v) is 8.64. The van der Waals surface area contributed by atoms with Gasteiger partial charge in [-0.2, -0.15) is 0 Å². The Morgan fingerprint density at radius 3 is 2.39 bits per heavy atom. The minimum absolute atomic E-state index is 0.163. The molecule has 0 saturated heterocycles. The highest BCUT2D eigenvalue weighted by Gasteiger charge is 2.13. The summed E-state index contributed by atoms with van der Waals surface area (Å²) in [5.41, 5.74) is 4.64. The SMILES string of the molecule is Cc1nc2c(ccc3nc(NC(=O)c4ccc(-c5ccccc5)cc4)sc32)s1. The Morgan fingerprint density at radius 1 is 0.857 bits per heavy atom. The summed E-state index contributed by atoms with van der Waals surface area (Å²) < 4.78 is 2.15. The predicted octanol–water partition coefficient (Wildman–Crippen LogP) is 6.13. The molecule has 0 atom stereocenters. The molecule has 3 aromatic carbocycles. The summed E-state index contributed by atoms with van der Waals surface area (Å²) in [6, 6.07) is 21.7. The Labute approximate surface area is 169 Å². The molecule has 0 fully saturated rings. The highest BCUT2D eigenvalue weighted by molar-refractivity contribution is 7.24. The third kappa shape index (κ3) is 3.06. The molecule has 1 amide bonds. The summed E-state index contributed by atoms with van der Waals surface area (Å²) in [7, 11) is 0. The van der Waals surface area contributed by atoms with Crippen LogP contribution in [0.4, 0.5) is 5.13 Å². The van der Waals surface area contributed by atoms with E-state index >= 15 is 0 Å². The maximum atomic E-state index is 12.6. The van der Waals surface area contributed by atoms with Crippen LogP contribution in [0.25, 0.3) is 31.6 Å². The van der Waals surface area contributed by atoms with Crippen LogP contribution in [0.2, 0.25) is 0 Å². The zero-order valence-electron chi connectivity index (χ0n) is 15.0. The predicted molar refractivity (Wildman–Crippen MR) is 117 cm³/mol. The van der Waals surface area contributed by atoms with Crippen LogP contribution in [0, 0.1) is 6.92 Å². The number of fused-ring (bicyclic) bond motifs is 3. The van der Waals surface area contributed by atoms with Crippen molar-refractivity contribution in [2.45, 2.75) is 6.92 Å². The van der Waals surface area contributed by atoms with Gasteiger partial charge in [0.2, 0.25) is 0 Å². The molecule has 0 aliphatic heterocycles. The first-order valence-electron chi connectivity index (χ1n) is 8.81. The number of benzene rings is 3. The fourth-order valence-corrected chi connectivity index (χ4v) is 5.01. The third-order valence-corrected chi connectivity index (χ3v) is 6.43. The van der Waals surface area contributed by atoms with E-state index in [1.54, 1.807) is 11.3 Å². The van der Waals surface area contributed by atoms with Gasteiger partial charge < -0.3 is 0 Å². The van der Waals surface area contributed by atoms with Gasteiger partial charge in [0, 0.05) is 5.56 Å². The fourth-order valence-electron chi connectivity index (χ4n) is 3.16. The largest absolute Gasteiger partial charge is 0.298 e. The van der Waals surface area contributed by atoms with Gasteiger partial charge in [0.05, 0.1) is 19.9 Å². The second-order valence-electron chi connectivity index (χ2n) is 6.41. The van der Waals surface area contributed by atoms with E-state index < -0.39 is 0 Å². The molecule has 0 saturated carbocycles. The number of carbonyl (C=O) groups is 1. The lowest BCUT2D eigenvalue weighted by molar-refractivity contribution is 0.102. The molecule has 5 rings (SSSR count). The van der Waals surface area contributed by atoms with E-state index in [2.05, 4.69) is 27.4 Å². The van der Waals surface area contributed by atoms with Crippen LogP contribution in [0.15, 0.2) is 66.7 Å². The van der Waals surface area contributed by atoms with Crippen molar-refractivity contribution in [3.63, 3.8) is 0 Å². The number of rotatable bonds is 3. The van der Waals surface area contributed by atoms with Crippen molar-refractivity contribution in [3.8, 4) is 11.1 Å². The van der Waals surface area contributed by atoms with Crippen LogP contribution in [0.1, 0.15) is 15.4 Å². The maximum absolute atomic E-state index is 12.6. The Morgan fingerprint density at radius 2 is 1.61 bits per heavy atom.